The van der Waals surface area contributed by atoms with Crippen molar-refractivity contribution in [3.63, 3.8) is 0 Å². The molecule has 1 saturated carbocycles. The molecule has 2 amide bonds. The van der Waals surface area contributed by atoms with Gasteiger partial charge >= 0.3 is 12.3 Å². The second kappa shape index (κ2) is 11.3. The standard InChI is InChI=1S/C32H46F3N3O4/c1-20(2)27-19-41-31-14-13-26(15-25(31)11-12-28(39)38(27)31)37(16-22-7-9-24(10-8-22)32(33,34)35)21(3)23-17-36(18-23)29(40)42-30(4,5)6/h7-10,20-21,23,25-27H,11-19H2,1-6H3/t21?,25-,26+,27-,31-/m1/s1. The predicted octanol–water partition coefficient (Wildman–Crippen LogP) is 6.31. The molecule has 3 aliphatic heterocycles. The second-order valence-corrected chi connectivity index (χ2v) is 14.1. The molecule has 1 aromatic carbocycles. The van der Waals surface area contributed by atoms with Crippen LogP contribution in [-0.2, 0) is 27.0 Å². The van der Waals surface area contributed by atoms with Crippen molar-refractivity contribution in [1.82, 2.24) is 14.7 Å². The number of hydrogen-bond acceptors (Lipinski definition) is 5. The van der Waals surface area contributed by atoms with E-state index in [9.17, 15) is 22.8 Å². The fraction of sp³-hybridized carbons (Fsp3) is 0.750. The normalized spacial score (nSPS) is 29.4. The Hall–Kier alpha value is -2.33. The summed E-state index contributed by atoms with van der Waals surface area (Å²) in [6.45, 7) is 14.3. The number of halogens is 3. The van der Waals surface area contributed by atoms with Gasteiger partial charge in [-0.15, -0.1) is 0 Å². The Morgan fingerprint density at radius 3 is 2.38 bits per heavy atom. The van der Waals surface area contributed by atoms with Gasteiger partial charge in [-0.3, -0.25) is 9.69 Å². The van der Waals surface area contributed by atoms with Crippen molar-refractivity contribution in [2.75, 3.05) is 19.7 Å². The van der Waals surface area contributed by atoms with Crippen LogP contribution in [0.1, 0.15) is 84.8 Å². The lowest BCUT2D eigenvalue weighted by Gasteiger charge is -2.55. The van der Waals surface area contributed by atoms with Crippen molar-refractivity contribution >= 4 is 12.0 Å². The van der Waals surface area contributed by atoms with Crippen molar-refractivity contribution in [3.8, 4) is 0 Å². The monoisotopic (exact) mass is 593 g/mol. The van der Waals surface area contributed by atoms with E-state index in [4.69, 9.17) is 9.47 Å². The highest BCUT2D eigenvalue weighted by atomic mass is 19.4. The molecular weight excluding hydrogens is 547 g/mol. The third-order valence-corrected chi connectivity index (χ3v) is 9.90. The molecular formula is C32H46F3N3O4. The van der Waals surface area contributed by atoms with Crippen LogP contribution in [0.2, 0.25) is 0 Å². The van der Waals surface area contributed by atoms with Crippen LogP contribution in [0.5, 0.6) is 0 Å². The maximum absolute atomic E-state index is 13.2. The molecule has 1 aromatic rings. The molecule has 7 nitrogen and oxygen atoms in total. The zero-order valence-corrected chi connectivity index (χ0v) is 25.7. The first-order valence-corrected chi connectivity index (χ1v) is 15.4. The highest BCUT2D eigenvalue weighted by Gasteiger charge is 2.59. The molecule has 10 heteroatoms. The first-order valence-electron chi connectivity index (χ1n) is 15.4. The van der Waals surface area contributed by atoms with Crippen LogP contribution < -0.4 is 0 Å². The molecule has 5 rings (SSSR count). The summed E-state index contributed by atoms with van der Waals surface area (Å²) >= 11 is 0. The molecule has 1 aliphatic carbocycles. The van der Waals surface area contributed by atoms with E-state index >= 15 is 0 Å². The Kier molecular flexibility index (Phi) is 8.37. The van der Waals surface area contributed by atoms with Gasteiger partial charge in [0.25, 0.3) is 0 Å². The fourth-order valence-corrected chi connectivity index (χ4v) is 7.50. The van der Waals surface area contributed by atoms with Crippen molar-refractivity contribution < 1.29 is 32.2 Å². The highest BCUT2D eigenvalue weighted by molar-refractivity contribution is 5.78. The predicted molar refractivity (Wildman–Crippen MR) is 152 cm³/mol. The summed E-state index contributed by atoms with van der Waals surface area (Å²) in [4.78, 5) is 31.9. The van der Waals surface area contributed by atoms with E-state index in [1.165, 1.54) is 0 Å². The molecule has 234 valence electrons. The fourth-order valence-electron chi connectivity index (χ4n) is 7.50. The van der Waals surface area contributed by atoms with Crippen LogP contribution in [0, 0.1) is 17.8 Å². The van der Waals surface area contributed by atoms with Gasteiger partial charge in [-0.25, -0.2) is 4.79 Å². The van der Waals surface area contributed by atoms with Gasteiger partial charge in [0.1, 0.15) is 11.3 Å². The molecule has 0 N–H and O–H groups in total. The van der Waals surface area contributed by atoms with Crippen LogP contribution >= 0.6 is 0 Å². The van der Waals surface area contributed by atoms with Crippen LogP contribution in [0.15, 0.2) is 24.3 Å². The van der Waals surface area contributed by atoms with E-state index in [0.717, 1.165) is 43.4 Å². The lowest BCUT2D eigenvalue weighted by atomic mass is 9.71. The maximum atomic E-state index is 13.2. The minimum absolute atomic E-state index is 0.0906. The molecule has 1 unspecified atom stereocenters. The molecule has 5 atom stereocenters. The Balaban J connectivity index is 1.34. The van der Waals surface area contributed by atoms with Crippen LogP contribution in [0.3, 0.4) is 0 Å². The molecule has 0 radical (unpaired) electrons. The summed E-state index contributed by atoms with van der Waals surface area (Å²) in [5, 5.41) is 0. The number of hydrogen-bond donors (Lipinski definition) is 0. The minimum atomic E-state index is -4.38. The van der Waals surface area contributed by atoms with E-state index in [0.29, 0.717) is 38.6 Å². The molecule has 3 saturated heterocycles. The first kappa shape index (κ1) is 31.1. The van der Waals surface area contributed by atoms with Gasteiger partial charge in [0.05, 0.1) is 18.2 Å². The topological polar surface area (TPSA) is 62.3 Å². The van der Waals surface area contributed by atoms with Gasteiger partial charge in [0, 0.05) is 50.0 Å². The zero-order chi connectivity index (χ0) is 30.6. The zero-order valence-electron chi connectivity index (χ0n) is 25.7. The number of piperidine rings is 1. The molecule has 4 aliphatic rings. The number of alkyl halides is 3. The van der Waals surface area contributed by atoms with Gasteiger partial charge < -0.3 is 19.3 Å². The number of carbonyl (C=O) groups excluding carboxylic acids is 2. The summed E-state index contributed by atoms with van der Waals surface area (Å²) in [5.41, 5.74) is -0.931. The average molecular weight is 594 g/mol. The van der Waals surface area contributed by atoms with E-state index in [1.54, 1.807) is 17.0 Å². The third kappa shape index (κ3) is 6.03. The Morgan fingerprint density at radius 2 is 1.79 bits per heavy atom. The molecule has 4 fully saturated rings. The number of likely N-dealkylation sites (tertiary alicyclic amines) is 1. The third-order valence-electron chi connectivity index (χ3n) is 9.90. The van der Waals surface area contributed by atoms with E-state index in [1.807, 2.05) is 20.8 Å². The number of rotatable bonds is 6. The van der Waals surface area contributed by atoms with E-state index in [2.05, 4.69) is 30.6 Å². The van der Waals surface area contributed by atoms with Gasteiger partial charge in [0.15, 0.2) is 0 Å². The Labute approximate surface area is 247 Å². The van der Waals surface area contributed by atoms with Gasteiger partial charge in [-0.2, -0.15) is 13.2 Å². The number of amides is 2. The van der Waals surface area contributed by atoms with Crippen LogP contribution in [0.25, 0.3) is 0 Å². The van der Waals surface area contributed by atoms with E-state index < -0.39 is 23.1 Å². The maximum Gasteiger partial charge on any atom is 0.416 e. The summed E-state index contributed by atoms with van der Waals surface area (Å²) in [7, 11) is 0. The van der Waals surface area contributed by atoms with Crippen molar-refractivity contribution in [2.45, 2.75) is 116 Å². The van der Waals surface area contributed by atoms with Crippen LogP contribution in [0.4, 0.5) is 18.0 Å². The van der Waals surface area contributed by atoms with Crippen molar-refractivity contribution in [2.24, 2.45) is 17.8 Å². The minimum Gasteiger partial charge on any atom is -0.444 e. The second-order valence-electron chi connectivity index (χ2n) is 14.1. The molecule has 1 spiro atoms. The molecule has 42 heavy (non-hydrogen) atoms. The summed E-state index contributed by atoms with van der Waals surface area (Å²) in [6, 6.07) is 5.84. The largest absolute Gasteiger partial charge is 0.444 e. The van der Waals surface area contributed by atoms with Gasteiger partial charge in [-0.1, -0.05) is 26.0 Å². The summed E-state index contributed by atoms with van der Waals surface area (Å²) in [5.74, 6) is 0.931. The quantitative estimate of drug-likeness (QED) is 0.387. The number of benzene rings is 1. The number of carbonyl (C=O) groups is 2. The van der Waals surface area contributed by atoms with Gasteiger partial charge in [0.2, 0.25) is 5.91 Å². The molecule has 0 bridgehead atoms. The average Bonchev–Trinajstić information content (AvgIpc) is 3.26. The van der Waals surface area contributed by atoms with Crippen molar-refractivity contribution in [3.05, 3.63) is 35.4 Å². The SMILES string of the molecule is CC(C)[C@H]1CO[C@]23CC[C@H](N(Cc4ccc(C(F)(F)F)cc4)C(C)C4CN(C(=O)OC(C)(C)C)C4)C[C@H]2CCC(=O)N13. The first-order chi connectivity index (χ1) is 19.6. The lowest BCUT2D eigenvalue weighted by molar-refractivity contribution is -0.193. The highest BCUT2D eigenvalue weighted by Crippen LogP contribution is 2.51. The van der Waals surface area contributed by atoms with Crippen molar-refractivity contribution in [1.29, 1.82) is 0 Å². The molecule has 0 aromatic heterocycles. The van der Waals surface area contributed by atoms with E-state index in [-0.39, 0.29) is 42.0 Å². The summed E-state index contributed by atoms with van der Waals surface area (Å²) in [6.07, 6.45) is -0.935. The lowest BCUT2D eigenvalue weighted by Crippen LogP contribution is -2.64. The smallest absolute Gasteiger partial charge is 0.416 e. The Morgan fingerprint density at radius 1 is 1.12 bits per heavy atom. The van der Waals surface area contributed by atoms with Crippen LogP contribution in [-0.4, -0.2) is 75.8 Å². The summed E-state index contributed by atoms with van der Waals surface area (Å²) < 4.78 is 51.8. The number of nitrogens with zero attached hydrogens (tertiary/aromatic N) is 3. The molecule has 3 heterocycles. The number of ether oxygens (including phenoxy) is 2. The Bertz CT molecular complexity index is 1150. The van der Waals surface area contributed by atoms with Gasteiger partial charge in [-0.05, 0) is 77.0 Å².